The molecule has 2 aliphatic rings. The van der Waals surface area contributed by atoms with Crippen LogP contribution in [0.5, 0.6) is 5.75 Å². The lowest BCUT2D eigenvalue weighted by atomic mass is 10.0. The summed E-state index contributed by atoms with van der Waals surface area (Å²) in [6.45, 7) is 2.93. The average molecular weight is 291 g/mol. The van der Waals surface area contributed by atoms with Crippen molar-refractivity contribution in [3.8, 4) is 5.75 Å². The van der Waals surface area contributed by atoms with Crippen molar-refractivity contribution < 1.29 is 13.9 Å². The molecule has 0 bridgehead atoms. The van der Waals surface area contributed by atoms with E-state index in [-0.39, 0.29) is 11.3 Å². The van der Waals surface area contributed by atoms with Gasteiger partial charge < -0.3 is 9.64 Å². The molecule has 0 radical (unpaired) electrons. The van der Waals surface area contributed by atoms with Gasteiger partial charge in [-0.2, -0.15) is 0 Å². The van der Waals surface area contributed by atoms with Crippen molar-refractivity contribution in [1.82, 2.24) is 4.90 Å². The lowest BCUT2D eigenvalue weighted by molar-refractivity contribution is 0.0960. The van der Waals surface area contributed by atoms with Crippen LogP contribution in [0.2, 0.25) is 0 Å². The molecule has 2 fully saturated rings. The van der Waals surface area contributed by atoms with Crippen molar-refractivity contribution >= 4 is 5.78 Å². The number of halogens is 1. The highest BCUT2D eigenvalue weighted by molar-refractivity contribution is 5.99. The van der Waals surface area contributed by atoms with E-state index in [1.54, 1.807) is 12.1 Å². The third-order valence-electron chi connectivity index (χ3n) is 4.93. The number of hydrogen-bond acceptors (Lipinski definition) is 3. The second kappa shape index (κ2) is 6.14. The van der Waals surface area contributed by atoms with Crippen LogP contribution >= 0.6 is 0 Å². The molecule has 21 heavy (non-hydrogen) atoms. The Kier molecular flexibility index (Phi) is 4.24. The Morgan fingerprint density at radius 2 is 2.05 bits per heavy atom. The Morgan fingerprint density at radius 3 is 2.71 bits per heavy atom. The smallest absolute Gasteiger partial charge is 0.170 e. The minimum absolute atomic E-state index is 0.0967. The van der Waals surface area contributed by atoms with Crippen molar-refractivity contribution in [2.24, 2.45) is 11.8 Å². The molecule has 0 amide bonds. The summed E-state index contributed by atoms with van der Waals surface area (Å²) in [4.78, 5) is 14.7. The molecule has 1 aromatic carbocycles. The molecule has 1 aromatic rings. The summed E-state index contributed by atoms with van der Waals surface area (Å²) in [5.41, 5.74) is 0.0967. The topological polar surface area (TPSA) is 29.5 Å². The summed E-state index contributed by atoms with van der Waals surface area (Å²) in [5, 5.41) is 0. The van der Waals surface area contributed by atoms with Crippen molar-refractivity contribution in [3.63, 3.8) is 0 Å². The summed E-state index contributed by atoms with van der Waals surface area (Å²) in [6.07, 6.45) is 4.37. The van der Waals surface area contributed by atoms with Crippen LogP contribution in [-0.4, -0.2) is 37.4 Å². The first-order chi connectivity index (χ1) is 10.2. The van der Waals surface area contributed by atoms with Gasteiger partial charge in [0.1, 0.15) is 11.6 Å². The zero-order chi connectivity index (χ0) is 14.8. The Balaban J connectivity index is 1.60. The molecule has 0 aromatic heterocycles. The van der Waals surface area contributed by atoms with Crippen molar-refractivity contribution in [1.29, 1.82) is 0 Å². The Hall–Kier alpha value is -1.42. The van der Waals surface area contributed by atoms with Crippen LogP contribution in [0.25, 0.3) is 0 Å². The van der Waals surface area contributed by atoms with E-state index < -0.39 is 5.82 Å². The molecule has 3 nitrogen and oxygen atoms in total. The molecule has 1 heterocycles. The first-order valence-electron chi connectivity index (χ1n) is 7.77. The second-order valence-electron chi connectivity index (χ2n) is 6.20. The van der Waals surface area contributed by atoms with Gasteiger partial charge in [0.2, 0.25) is 0 Å². The number of ether oxygens (including phenoxy) is 1. The van der Waals surface area contributed by atoms with Crippen LogP contribution in [0, 0.1) is 17.7 Å². The third kappa shape index (κ3) is 2.95. The van der Waals surface area contributed by atoms with E-state index in [0.29, 0.717) is 12.2 Å². The van der Waals surface area contributed by atoms with Gasteiger partial charge in [-0.05, 0) is 36.8 Å². The molecule has 4 heteroatoms. The molecule has 0 N–H and O–H groups in total. The third-order valence-corrected chi connectivity index (χ3v) is 4.93. The van der Waals surface area contributed by atoms with E-state index in [4.69, 9.17) is 4.74 Å². The molecule has 1 aliphatic carbocycles. The average Bonchev–Trinajstić information content (AvgIpc) is 3.05. The first kappa shape index (κ1) is 14.5. The number of fused-ring (bicyclic) bond motifs is 1. The molecule has 2 unspecified atom stereocenters. The second-order valence-corrected chi connectivity index (χ2v) is 6.20. The van der Waals surface area contributed by atoms with E-state index in [9.17, 15) is 9.18 Å². The van der Waals surface area contributed by atoms with E-state index in [1.807, 2.05) is 0 Å². The Morgan fingerprint density at radius 1 is 1.33 bits per heavy atom. The van der Waals surface area contributed by atoms with Crippen LogP contribution in [0.1, 0.15) is 36.0 Å². The van der Waals surface area contributed by atoms with Crippen molar-refractivity contribution in [2.75, 3.05) is 26.7 Å². The Bertz CT molecular complexity index is 520. The molecular weight excluding hydrogens is 269 g/mol. The number of carbonyl (C=O) groups excluding carboxylic acids is 1. The minimum atomic E-state index is -0.488. The largest absolute Gasteiger partial charge is 0.496 e. The standard InChI is InChI=1S/C17H22FNO2/c1-21-16-7-3-6-14(18)17(16)15(20)8-9-19-10-12-4-2-5-13(12)11-19/h3,6-7,12-13H,2,4-5,8-11H2,1H3. The predicted octanol–water partition coefficient (Wildman–Crippen LogP) is 3.14. The summed E-state index contributed by atoms with van der Waals surface area (Å²) in [7, 11) is 1.47. The number of ketones is 1. The molecule has 1 aliphatic heterocycles. The van der Waals surface area contributed by atoms with E-state index >= 15 is 0 Å². The van der Waals surface area contributed by atoms with Gasteiger partial charge in [-0.15, -0.1) is 0 Å². The summed E-state index contributed by atoms with van der Waals surface area (Å²) >= 11 is 0. The van der Waals surface area contributed by atoms with E-state index in [2.05, 4.69) is 4.90 Å². The number of Topliss-reactive ketones (excluding diaryl/α,β-unsaturated/α-hetero) is 1. The monoisotopic (exact) mass is 291 g/mol. The summed E-state index contributed by atoms with van der Waals surface area (Å²) in [6, 6.07) is 4.51. The number of nitrogens with zero attached hydrogens (tertiary/aromatic N) is 1. The Labute approximate surface area is 125 Å². The lowest BCUT2D eigenvalue weighted by Gasteiger charge is -2.16. The molecule has 2 atom stereocenters. The lowest BCUT2D eigenvalue weighted by Crippen LogP contribution is -2.25. The highest BCUT2D eigenvalue weighted by Crippen LogP contribution is 2.37. The zero-order valence-corrected chi connectivity index (χ0v) is 12.5. The predicted molar refractivity (Wildman–Crippen MR) is 79.2 cm³/mol. The van der Waals surface area contributed by atoms with Crippen LogP contribution < -0.4 is 4.74 Å². The summed E-state index contributed by atoms with van der Waals surface area (Å²) < 4.78 is 19.0. The van der Waals surface area contributed by atoms with Crippen LogP contribution in [-0.2, 0) is 0 Å². The quantitative estimate of drug-likeness (QED) is 0.781. The van der Waals surface area contributed by atoms with Gasteiger partial charge in [-0.25, -0.2) is 4.39 Å². The molecule has 1 saturated carbocycles. The van der Waals surface area contributed by atoms with Gasteiger partial charge in [-0.3, -0.25) is 4.79 Å². The molecule has 114 valence electrons. The van der Waals surface area contributed by atoms with E-state index in [1.165, 1.54) is 32.4 Å². The fraction of sp³-hybridized carbons (Fsp3) is 0.588. The number of carbonyl (C=O) groups is 1. The van der Waals surface area contributed by atoms with Crippen LogP contribution in [0.3, 0.4) is 0 Å². The maximum atomic E-state index is 13.9. The van der Waals surface area contributed by atoms with Gasteiger partial charge in [0.15, 0.2) is 5.78 Å². The van der Waals surface area contributed by atoms with Crippen LogP contribution in [0.4, 0.5) is 4.39 Å². The molecule has 1 saturated heterocycles. The number of methoxy groups -OCH3 is 1. The SMILES string of the molecule is COc1cccc(F)c1C(=O)CCN1CC2CCCC2C1. The molecule has 0 spiro atoms. The van der Waals surface area contributed by atoms with Gasteiger partial charge in [0.25, 0.3) is 0 Å². The normalized spacial score (nSPS) is 25.0. The van der Waals surface area contributed by atoms with Crippen molar-refractivity contribution in [3.05, 3.63) is 29.6 Å². The fourth-order valence-electron chi connectivity index (χ4n) is 3.84. The van der Waals surface area contributed by atoms with E-state index in [0.717, 1.165) is 31.5 Å². The maximum absolute atomic E-state index is 13.9. The molecular formula is C17H22FNO2. The number of hydrogen-bond donors (Lipinski definition) is 0. The zero-order valence-electron chi connectivity index (χ0n) is 12.5. The maximum Gasteiger partial charge on any atom is 0.170 e. The number of rotatable bonds is 5. The first-order valence-corrected chi connectivity index (χ1v) is 7.77. The highest BCUT2D eigenvalue weighted by Gasteiger charge is 2.35. The highest BCUT2D eigenvalue weighted by atomic mass is 19.1. The van der Waals surface area contributed by atoms with Gasteiger partial charge in [-0.1, -0.05) is 12.5 Å². The molecule has 3 rings (SSSR count). The number of likely N-dealkylation sites (tertiary alicyclic amines) is 1. The number of benzene rings is 1. The van der Waals surface area contributed by atoms with Gasteiger partial charge in [0, 0.05) is 26.1 Å². The summed E-state index contributed by atoms with van der Waals surface area (Å²) in [5.74, 6) is 1.32. The minimum Gasteiger partial charge on any atom is -0.496 e. The van der Waals surface area contributed by atoms with Crippen molar-refractivity contribution in [2.45, 2.75) is 25.7 Å². The fourth-order valence-corrected chi connectivity index (χ4v) is 3.84. The van der Waals surface area contributed by atoms with Gasteiger partial charge >= 0.3 is 0 Å². The van der Waals surface area contributed by atoms with Gasteiger partial charge in [0.05, 0.1) is 12.7 Å². The van der Waals surface area contributed by atoms with Crippen LogP contribution in [0.15, 0.2) is 18.2 Å².